The summed E-state index contributed by atoms with van der Waals surface area (Å²) in [5.74, 6) is 0.843. The highest BCUT2D eigenvalue weighted by Crippen LogP contribution is 2.24. The molecule has 1 atom stereocenters. The topological polar surface area (TPSA) is 53.1 Å². The lowest BCUT2D eigenvalue weighted by Crippen LogP contribution is -2.09. The molecule has 1 unspecified atom stereocenters. The lowest BCUT2D eigenvalue weighted by Gasteiger charge is -2.11. The van der Waals surface area contributed by atoms with Gasteiger partial charge in [0.15, 0.2) is 0 Å². The number of hydrogen-bond acceptors (Lipinski definition) is 3. The minimum absolute atomic E-state index is 0.0948. The van der Waals surface area contributed by atoms with Crippen LogP contribution in [0, 0.1) is 6.92 Å². The first-order valence-corrected chi connectivity index (χ1v) is 8.06. The summed E-state index contributed by atoms with van der Waals surface area (Å²) < 4.78 is 8.85. The standard InChI is InChI=1S/C16H22BrN3O/c1-4-14(18)12-6-8-13(9-7-12)21-10-15-16(17)11(3)19-20(15)5-2/h6-9,14H,4-5,10,18H2,1-3H3. The molecule has 114 valence electrons. The van der Waals surface area contributed by atoms with E-state index in [1.54, 1.807) is 0 Å². The summed E-state index contributed by atoms with van der Waals surface area (Å²) >= 11 is 3.58. The summed E-state index contributed by atoms with van der Waals surface area (Å²) in [5, 5.41) is 4.46. The molecular weight excluding hydrogens is 330 g/mol. The molecule has 0 radical (unpaired) electrons. The molecule has 4 nitrogen and oxygen atoms in total. The number of hydrogen-bond donors (Lipinski definition) is 1. The summed E-state index contributed by atoms with van der Waals surface area (Å²) in [6.45, 7) is 7.47. The fourth-order valence-corrected chi connectivity index (χ4v) is 2.60. The highest BCUT2D eigenvalue weighted by atomic mass is 79.9. The van der Waals surface area contributed by atoms with E-state index in [1.807, 2.05) is 35.9 Å². The number of nitrogens with two attached hydrogens (primary N) is 1. The van der Waals surface area contributed by atoms with Crippen molar-refractivity contribution in [3.63, 3.8) is 0 Å². The van der Waals surface area contributed by atoms with Gasteiger partial charge in [0.1, 0.15) is 12.4 Å². The maximum atomic E-state index is 6.01. The van der Waals surface area contributed by atoms with Gasteiger partial charge in [0.05, 0.1) is 15.9 Å². The van der Waals surface area contributed by atoms with Crippen molar-refractivity contribution in [3.05, 3.63) is 45.7 Å². The molecule has 2 rings (SSSR count). The van der Waals surface area contributed by atoms with E-state index in [2.05, 4.69) is 34.9 Å². The third-order valence-corrected chi connectivity index (χ3v) is 4.61. The van der Waals surface area contributed by atoms with Gasteiger partial charge in [0.25, 0.3) is 0 Å². The van der Waals surface area contributed by atoms with Crippen LogP contribution in [-0.2, 0) is 13.2 Å². The Labute approximate surface area is 134 Å². The zero-order valence-electron chi connectivity index (χ0n) is 12.8. The summed E-state index contributed by atoms with van der Waals surface area (Å²) in [7, 11) is 0. The molecule has 0 saturated heterocycles. The van der Waals surface area contributed by atoms with Crippen LogP contribution in [0.4, 0.5) is 0 Å². The number of aryl methyl sites for hydroxylation is 2. The monoisotopic (exact) mass is 351 g/mol. The Kier molecular flexibility index (Phi) is 5.42. The Morgan fingerprint density at radius 3 is 2.52 bits per heavy atom. The average molecular weight is 352 g/mol. The smallest absolute Gasteiger partial charge is 0.131 e. The first kappa shape index (κ1) is 16.0. The van der Waals surface area contributed by atoms with Crippen LogP contribution in [0.15, 0.2) is 28.7 Å². The van der Waals surface area contributed by atoms with E-state index in [-0.39, 0.29) is 6.04 Å². The van der Waals surface area contributed by atoms with Crippen molar-refractivity contribution in [1.29, 1.82) is 0 Å². The number of ether oxygens (including phenoxy) is 1. The number of nitrogens with zero attached hydrogens (tertiary/aromatic N) is 2. The van der Waals surface area contributed by atoms with Crippen LogP contribution in [0.3, 0.4) is 0 Å². The van der Waals surface area contributed by atoms with E-state index < -0.39 is 0 Å². The largest absolute Gasteiger partial charge is 0.487 e. The van der Waals surface area contributed by atoms with Crippen molar-refractivity contribution in [2.45, 2.75) is 46.4 Å². The van der Waals surface area contributed by atoms with Gasteiger partial charge in [-0.25, -0.2) is 0 Å². The predicted molar refractivity (Wildman–Crippen MR) is 88.3 cm³/mol. The van der Waals surface area contributed by atoms with Gasteiger partial charge in [0.2, 0.25) is 0 Å². The second-order valence-electron chi connectivity index (χ2n) is 5.03. The van der Waals surface area contributed by atoms with Crippen molar-refractivity contribution >= 4 is 15.9 Å². The molecule has 21 heavy (non-hydrogen) atoms. The quantitative estimate of drug-likeness (QED) is 0.856. The van der Waals surface area contributed by atoms with Crippen molar-refractivity contribution < 1.29 is 4.74 Å². The zero-order valence-corrected chi connectivity index (χ0v) is 14.4. The molecule has 0 aliphatic heterocycles. The third-order valence-electron chi connectivity index (χ3n) is 3.58. The number of benzene rings is 1. The first-order valence-electron chi connectivity index (χ1n) is 7.26. The molecule has 0 spiro atoms. The molecule has 0 amide bonds. The van der Waals surface area contributed by atoms with Gasteiger partial charge in [-0.05, 0) is 53.9 Å². The molecular formula is C16H22BrN3O. The Bertz CT molecular complexity index is 592. The average Bonchev–Trinajstić information content (AvgIpc) is 2.79. The summed E-state index contributed by atoms with van der Waals surface area (Å²) in [6.07, 6.45) is 0.933. The van der Waals surface area contributed by atoms with Gasteiger partial charge in [0, 0.05) is 12.6 Å². The van der Waals surface area contributed by atoms with Crippen molar-refractivity contribution in [2.75, 3.05) is 0 Å². The second kappa shape index (κ2) is 7.09. The molecule has 0 fully saturated rings. The molecule has 5 heteroatoms. The van der Waals surface area contributed by atoms with Gasteiger partial charge < -0.3 is 10.5 Å². The molecule has 0 aliphatic rings. The normalized spacial score (nSPS) is 12.4. The lowest BCUT2D eigenvalue weighted by atomic mass is 10.1. The van der Waals surface area contributed by atoms with Crippen LogP contribution in [0.1, 0.15) is 43.3 Å². The number of aromatic nitrogens is 2. The van der Waals surface area contributed by atoms with Gasteiger partial charge in [-0.15, -0.1) is 0 Å². The van der Waals surface area contributed by atoms with Crippen molar-refractivity contribution in [1.82, 2.24) is 9.78 Å². The highest BCUT2D eigenvalue weighted by Gasteiger charge is 2.12. The van der Waals surface area contributed by atoms with E-state index in [1.165, 1.54) is 0 Å². The van der Waals surface area contributed by atoms with Crippen molar-refractivity contribution in [3.8, 4) is 5.75 Å². The minimum Gasteiger partial charge on any atom is -0.487 e. The Balaban J connectivity index is 2.06. The maximum Gasteiger partial charge on any atom is 0.131 e. The van der Waals surface area contributed by atoms with E-state index >= 15 is 0 Å². The first-order chi connectivity index (χ1) is 10.1. The maximum absolute atomic E-state index is 6.01. The molecule has 2 N–H and O–H groups in total. The van der Waals surface area contributed by atoms with Crippen LogP contribution in [0.25, 0.3) is 0 Å². The lowest BCUT2D eigenvalue weighted by molar-refractivity contribution is 0.291. The van der Waals surface area contributed by atoms with Crippen LogP contribution < -0.4 is 10.5 Å². The fraction of sp³-hybridized carbons (Fsp3) is 0.438. The van der Waals surface area contributed by atoms with Gasteiger partial charge in [-0.3, -0.25) is 4.68 Å². The Hall–Kier alpha value is -1.33. The van der Waals surface area contributed by atoms with E-state index in [4.69, 9.17) is 10.5 Å². The van der Waals surface area contributed by atoms with E-state index in [0.29, 0.717) is 6.61 Å². The molecule has 0 aliphatic carbocycles. The van der Waals surface area contributed by atoms with Crippen LogP contribution in [0.2, 0.25) is 0 Å². The molecule has 0 saturated carbocycles. The summed E-state index contributed by atoms with van der Waals surface area (Å²) in [4.78, 5) is 0. The van der Waals surface area contributed by atoms with E-state index in [0.717, 1.165) is 40.1 Å². The molecule has 0 bridgehead atoms. The zero-order chi connectivity index (χ0) is 15.4. The van der Waals surface area contributed by atoms with Crippen LogP contribution in [0.5, 0.6) is 5.75 Å². The van der Waals surface area contributed by atoms with Gasteiger partial charge in [-0.2, -0.15) is 5.10 Å². The fourth-order valence-electron chi connectivity index (χ4n) is 2.21. The molecule has 1 heterocycles. The third kappa shape index (κ3) is 3.66. The van der Waals surface area contributed by atoms with Gasteiger partial charge in [-0.1, -0.05) is 19.1 Å². The molecule has 1 aromatic carbocycles. The predicted octanol–water partition coefficient (Wildman–Crippen LogP) is 3.96. The van der Waals surface area contributed by atoms with Crippen molar-refractivity contribution in [2.24, 2.45) is 5.73 Å². The summed E-state index contributed by atoms with van der Waals surface area (Å²) in [5.41, 5.74) is 9.20. The number of halogens is 1. The Morgan fingerprint density at radius 2 is 1.95 bits per heavy atom. The molecule has 2 aromatic rings. The van der Waals surface area contributed by atoms with E-state index in [9.17, 15) is 0 Å². The van der Waals surface area contributed by atoms with Gasteiger partial charge >= 0.3 is 0 Å². The SMILES string of the molecule is CCC(N)c1ccc(OCc2c(Br)c(C)nn2CC)cc1. The Morgan fingerprint density at radius 1 is 1.29 bits per heavy atom. The minimum atomic E-state index is 0.0948. The molecule has 1 aromatic heterocycles. The summed E-state index contributed by atoms with van der Waals surface area (Å²) in [6, 6.07) is 8.09. The highest BCUT2D eigenvalue weighted by molar-refractivity contribution is 9.10. The number of rotatable bonds is 6. The van der Waals surface area contributed by atoms with Crippen LogP contribution in [-0.4, -0.2) is 9.78 Å². The van der Waals surface area contributed by atoms with Crippen LogP contribution >= 0.6 is 15.9 Å². The second-order valence-corrected chi connectivity index (χ2v) is 5.83.